The van der Waals surface area contributed by atoms with E-state index in [1.807, 2.05) is 37.3 Å². The lowest BCUT2D eigenvalue weighted by molar-refractivity contribution is -0.133. The summed E-state index contributed by atoms with van der Waals surface area (Å²) < 4.78 is 0. The van der Waals surface area contributed by atoms with Crippen LogP contribution in [-0.4, -0.2) is 23.0 Å². The number of benzene rings is 1. The van der Waals surface area contributed by atoms with Crippen molar-refractivity contribution in [2.24, 2.45) is 11.7 Å². The van der Waals surface area contributed by atoms with Gasteiger partial charge in [0.25, 0.3) is 0 Å². The summed E-state index contributed by atoms with van der Waals surface area (Å²) in [5.74, 6) is -0.249. The van der Waals surface area contributed by atoms with E-state index in [1.165, 1.54) is 6.42 Å². The first-order chi connectivity index (χ1) is 10.0. The van der Waals surface area contributed by atoms with E-state index in [1.54, 1.807) is 0 Å². The molecule has 2 rings (SSSR count). The van der Waals surface area contributed by atoms with Gasteiger partial charge in [-0.15, -0.1) is 0 Å². The molecule has 0 aromatic heterocycles. The van der Waals surface area contributed by atoms with Crippen molar-refractivity contribution in [3.05, 3.63) is 35.9 Å². The molecule has 0 saturated carbocycles. The van der Waals surface area contributed by atoms with Crippen molar-refractivity contribution >= 4 is 5.91 Å². The fourth-order valence-electron chi connectivity index (χ4n) is 3.00. The van der Waals surface area contributed by atoms with Crippen molar-refractivity contribution < 1.29 is 4.79 Å². The maximum absolute atomic E-state index is 12.5. The summed E-state index contributed by atoms with van der Waals surface area (Å²) in [6.45, 7) is 6.22. The van der Waals surface area contributed by atoms with E-state index in [4.69, 9.17) is 5.73 Å². The molecular formula is C17H27N3O. The van der Waals surface area contributed by atoms with Crippen molar-refractivity contribution in [2.45, 2.75) is 58.2 Å². The largest absolute Gasteiger partial charge is 0.323 e. The third-order valence-electron chi connectivity index (χ3n) is 4.57. The quantitative estimate of drug-likeness (QED) is 0.896. The Kier molecular flexibility index (Phi) is 5.37. The number of amides is 1. The van der Waals surface area contributed by atoms with Gasteiger partial charge in [-0.1, -0.05) is 43.7 Å². The first-order valence-electron chi connectivity index (χ1n) is 7.90. The molecule has 3 N–H and O–H groups in total. The molecule has 4 atom stereocenters. The third-order valence-corrected chi connectivity index (χ3v) is 4.57. The van der Waals surface area contributed by atoms with Crippen molar-refractivity contribution in [3.8, 4) is 0 Å². The molecule has 116 valence electrons. The minimum Gasteiger partial charge on any atom is -0.323 e. The van der Waals surface area contributed by atoms with Gasteiger partial charge >= 0.3 is 0 Å². The average Bonchev–Trinajstić information content (AvgIpc) is 2.50. The van der Waals surface area contributed by atoms with Crippen LogP contribution < -0.4 is 11.2 Å². The molecule has 4 unspecified atom stereocenters. The number of piperidine rings is 1. The zero-order chi connectivity index (χ0) is 15.4. The fourth-order valence-corrected chi connectivity index (χ4v) is 3.00. The molecular weight excluding hydrogens is 262 g/mol. The summed E-state index contributed by atoms with van der Waals surface area (Å²) >= 11 is 0. The van der Waals surface area contributed by atoms with Crippen LogP contribution in [-0.2, 0) is 4.79 Å². The Hall–Kier alpha value is -1.39. The Labute approximate surface area is 127 Å². The van der Waals surface area contributed by atoms with E-state index in [9.17, 15) is 4.79 Å². The smallest absolute Gasteiger partial charge is 0.239 e. The molecule has 21 heavy (non-hydrogen) atoms. The zero-order valence-corrected chi connectivity index (χ0v) is 13.3. The van der Waals surface area contributed by atoms with Gasteiger partial charge in [-0.2, -0.15) is 0 Å². The topological polar surface area (TPSA) is 58.4 Å². The Bertz CT molecular complexity index is 452. The minimum atomic E-state index is -0.276. The van der Waals surface area contributed by atoms with Crippen LogP contribution >= 0.6 is 0 Å². The summed E-state index contributed by atoms with van der Waals surface area (Å²) in [5.41, 5.74) is 10.3. The summed E-state index contributed by atoms with van der Waals surface area (Å²) in [4.78, 5) is 12.5. The maximum atomic E-state index is 12.5. The van der Waals surface area contributed by atoms with E-state index in [0.717, 1.165) is 18.4 Å². The highest BCUT2D eigenvalue weighted by Crippen LogP contribution is 2.23. The van der Waals surface area contributed by atoms with E-state index in [-0.39, 0.29) is 17.9 Å². The number of nitrogens with two attached hydrogens (primary N) is 1. The van der Waals surface area contributed by atoms with Gasteiger partial charge in [0, 0.05) is 18.1 Å². The number of hydrogen-bond acceptors (Lipinski definition) is 3. The molecule has 1 aliphatic heterocycles. The lowest BCUT2D eigenvalue weighted by atomic mass is 9.94. The van der Waals surface area contributed by atoms with Gasteiger partial charge in [-0.3, -0.25) is 10.2 Å². The van der Waals surface area contributed by atoms with Crippen LogP contribution in [0.3, 0.4) is 0 Å². The molecule has 4 heteroatoms. The predicted molar refractivity (Wildman–Crippen MR) is 85.3 cm³/mol. The molecule has 1 aromatic rings. The molecule has 1 aromatic carbocycles. The van der Waals surface area contributed by atoms with Crippen LogP contribution in [0.4, 0.5) is 0 Å². The molecule has 4 nitrogen and oxygen atoms in total. The monoisotopic (exact) mass is 289 g/mol. The van der Waals surface area contributed by atoms with Gasteiger partial charge in [0.2, 0.25) is 5.91 Å². The first kappa shape index (κ1) is 16.0. The highest BCUT2D eigenvalue weighted by Gasteiger charge is 2.29. The predicted octanol–water partition coefficient (Wildman–Crippen LogP) is 2.62. The number of hydrazine groups is 1. The number of carbonyl (C=O) groups excluding carboxylic acids is 1. The van der Waals surface area contributed by atoms with Crippen LogP contribution in [0, 0.1) is 5.92 Å². The second-order valence-corrected chi connectivity index (χ2v) is 6.24. The number of carbonyl (C=O) groups is 1. The Balaban J connectivity index is 1.99. The fraction of sp³-hybridized carbons (Fsp3) is 0.588. The SMILES string of the molecule is CC(C(=O)NN1C(C)CCCC1C)C(N)c1ccccc1. The molecule has 1 amide bonds. The Morgan fingerprint density at radius 3 is 2.38 bits per heavy atom. The van der Waals surface area contributed by atoms with Crippen molar-refractivity contribution in [2.75, 3.05) is 0 Å². The van der Waals surface area contributed by atoms with Gasteiger partial charge < -0.3 is 5.73 Å². The number of rotatable bonds is 4. The lowest BCUT2D eigenvalue weighted by Gasteiger charge is -2.39. The molecule has 0 bridgehead atoms. The maximum Gasteiger partial charge on any atom is 0.239 e. The van der Waals surface area contributed by atoms with Crippen LogP contribution in [0.1, 0.15) is 51.6 Å². The molecule has 0 radical (unpaired) electrons. The number of nitrogens with one attached hydrogen (secondary N) is 1. The standard InChI is InChI=1S/C17H27N3O/c1-12-8-7-9-13(2)20(12)19-17(21)14(3)16(18)15-10-5-4-6-11-15/h4-6,10-14,16H,7-9,18H2,1-3H3,(H,19,21). The van der Waals surface area contributed by atoms with E-state index in [0.29, 0.717) is 12.1 Å². The van der Waals surface area contributed by atoms with Crippen LogP contribution in [0.15, 0.2) is 30.3 Å². The summed E-state index contributed by atoms with van der Waals surface area (Å²) in [7, 11) is 0. The van der Waals surface area contributed by atoms with Gasteiger partial charge in [0.15, 0.2) is 0 Å². The summed E-state index contributed by atoms with van der Waals surface area (Å²) in [6, 6.07) is 10.3. The molecule has 0 aliphatic carbocycles. The first-order valence-corrected chi connectivity index (χ1v) is 7.90. The van der Waals surface area contributed by atoms with Crippen LogP contribution in [0.5, 0.6) is 0 Å². The number of hydrogen-bond donors (Lipinski definition) is 2. The van der Waals surface area contributed by atoms with E-state index in [2.05, 4.69) is 24.3 Å². The lowest BCUT2D eigenvalue weighted by Crippen LogP contribution is -2.55. The molecule has 1 heterocycles. The molecule has 1 aliphatic rings. The van der Waals surface area contributed by atoms with Gasteiger partial charge in [0.05, 0.1) is 5.92 Å². The highest BCUT2D eigenvalue weighted by atomic mass is 16.2. The molecule has 0 spiro atoms. The molecule has 1 saturated heterocycles. The van der Waals surface area contributed by atoms with E-state index < -0.39 is 0 Å². The van der Waals surface area contributed by atoms with Crippen molar-refractivity contribution in [1.29, 1.82) is 0 Å². The zero-order valence-electron chi connectivity index (χ0n) is 13.3. The molecule has 1 fully saturated rings. The second kappa shape index (κ2) is 7.05. The van der Waals surface area contributed by atoms with Crippen molar-refractivity contribution in [1.82, 2.24) is 10.4 Å². The Morgan fingerprint density at radius 2 is 1.81 bits per heavy atom. The minimum absolute atomic E-state index is 0.00644. The normalized spacial score (nSPS) is 26.1. The Morgan fingerprint density at radius 1 is 1.24 bits per heavy atom. The third kappa shape index (κ3) is 3.83. The van der Waals surface area contributed by atoms with Gasteiger partial charge in [0.1, 0.15) is 0 Å². The summed E-state index contributed by atoms with van der Waals surface area (Å²) in [6.07, 6.45) is 3.49. The number of nitrogens with zero attached hydrogens (tertiary/aromatic N) is 1. The van der Waals surface area contributed by atoms with E-state index >= 15 is 0 Å². The second-order valence-electron chi connectivity index (χ2n) is 6.24. The van der Waals surface area contributed by atoms with Gasteiger partial charge in [-0.25, -0.2) is 5.01 Å². The van der Waals surface area contributed by atoms with Crippen LogP contribution in [0.2, 0.25) is 0 Å². The van der Waals surface area contributed by atoms with Crippen LogP contribution in [0.25, 0.3) is 0 Å². The highest BCUT2D eigenvalue weighted by molar-refractivity contribution is 5.78. The summed E-state index contributed by atoms with van der Waals surface area (Å²) in [5, 5.41) is 2.10. The van der Waals surface area contributed by atoms with Gasteiger partial charge in [-0.05, 0) is 32.3 Å². The van der Waals surface area contributed by atoms with Crippen molar-refractivity contribution in [3.63, 3.8) is 0 Å². The average molecular weight is 289 g/mol.